The Hall–Kier alpha value is -0.190. The van der Waals surface area contributed by atoms with Crippen LogP contribution in [0.3, 0.4) is 0 Å². The standard InChI is InChI=1S/C13H19BrN2S/c1-16(13-5-8-17-10-13)7-6-15-12-4-2-3-11(14)9-12/h2-4,9,13,15H,5-8,10H2,1H3. The van der Waals surface area contributed by atoms with E-state index in [9.17, 15) is 0 Å². The minimum absolute atomic E-state index is 0.782. The van der Waals surface area contributed by atoms with Crippen molar-refractivity contribution in [2.24, 2.45) is 0 Å². The van der Waals surface area contributed by atoms with Gasteiger partial charge in [0.05, 0.1) is 0 Å². The van der Waals surface area contributed by atoms with Crippen molar-refractivity contribution in [2.45, 2.75) is 12.5 Å². The molecule has 94 valence electrons. The minimum atomic E-state index is 0.782. The molecule has 0 amide bonds. The van der Waals surface area contributed by atoms with Gasteiger partial charge in [0.2, 0.25) is 0 Å². The summed E-state index contributed by atoms with van der Waals surface area (Å²) in [5, 5.41) is 3.46. The topological polar surface area (TPSA) is 15.3 Å². The lowest BCUT2D eigenvalue weighted by atomic mass is 10.2. The van der Waals surface area contributed by atoms with Crippen LogP contribution in [0.2, 0.25) is 0 Å². The first-order valence-corrected chi connectivity index (χ1v) is 7.98. The van der Waals surface area contributed by atoms with Crippen molar-refractivity contribution in [3.63, 3.8) is 0 Å². The van der Waals surface area contributed by atoms with Crippen LogP contribution in [0.5, 0.6) is 0 Å². The summed E-state index contributed by atoms with van der Waals surface area (Å²) < 4.78 is 1.13. The monoisotopic (exact) mass is 314 g/mol. The Balaban J connectivity index is 1.71. The number of rotatable bonds is 5. The zero-order valence-corrected chi connectivity index (χ0v) is 12.6. The Kier molecular flexibility index (Phi) is 5.19. The molecule has 1 aromatic rings. The average Bonchev–Trinajstić information content (AvgIpc) is 2.82. The fraction of sp³-hybridized carbons (Fsp3) is 0.538. The van der Waals surface area contributed by atoms with E-state index < -0.39 is 0 Å². The number of nitrogens with one attached hydrogen (secondary N) is 1. The molecular weight excluding hydrogens is 296 g/mol. The van der Waals surface area contributed by atoms with Crippen LogP contribution in [0.4, 0.5) is 5.69 Å². The van der Waals surface area contributed by atoms with Crippen LogP contribution < -0.4 is 5.32 Å². The maximum Gasteiger partial charge on any atom is 0.0351 e. The molecule has 0 bridgehead atoms. The summed E-state index contributed by atoms with van der Waals surface area (Å²) >= 11 is 5.56. The molecule has 1 aromatic carbocycles. The molecule has 2 rings (SSSR count). The van der Waals surface area contributed by atoms with Gasteiger partial charge in [-0.05, 0) is 37.4 Å². The molecule has 1 saturated heterocycles. The summed E-state index contributed by atoms with van der Waals surface area (Å²) in [6.07, 6.45) is 1.35. The quantitative estimate of drug-likeness (QED) is 0.897. The minimum Gasteiger partial charge on any atom is -0.384 e. The van der Waals surface area contributed by atoms with Crippen LogP contribution in [0.15, 0.2) is 28.7 Å². The number of halogens is 1. The van der Waals surface area contributed by atoms with Crippen LogP contribution in [0.25, 0.3) is 0 Å². The predicted molar refractivity (Wildman–Crippen MR) is 81.0 cm³/mol. The lowest BCUT2D eigenvalue weighted by Gasteiger charge is -2.23. The molecule has 0 radical (unpaired) electrons. The Morgan fingerprint density at radius 2 is 2.41 bits per heavy atom. The van der Waals surface area contributed by atoms with Crippen LogP contribution in [-0.4, -0.2) is 42.6 Å². The first-order valence-electron chi connectivity index (χ1n) is 6.03. The van der Waals surface area contributed by atoms with Gasteiger partial charge < -0.3 is 10.2 Å². The van der Waals surface area contributed by atoms with Crippen LogP contribution in [0, 0.1) is 0 Å². The number of hydrogen-bond donors (Lipinski definition) is 1. The summed E-state index contributed by atoms with van der Waals surface area (Å²) in [7, 11) is 2.24. The smallest absolute Gasteiger partial charge is 0.0351 e. The SMILES string of the molecule is CN(CCNc1cccc(Br)c1)C1CCSC1. The molecule has 2 nitrogen and oxygen atoms in total. The van der Waals surface area contributed by atoms with Gasteiger partial charge in [0.15, 0.2) is 0 Å². The first kappa shape index (κ1) is 13.2. The summed E-state index contributed by atoms with van der Waals surface area (Å²) in [6, 6.07) is 9.11. The number of likely N-dealkylation sites (N-methyl/N-ethyl adjacent to an activating group) is 1. The second-order valence-corrected chi connectivity index (χ2v) is 6.50. The Bertz CT molecular complexity index is 353. The van der Waals surface area contributed by atoms with Gasteiger partial charge in [-0.2, -0.15) is 11.8 Å². The maximum absolute atomic E-state index is 3.48. The van der Waals surface area contributed by atoms with Gasteiger partial charge >= 0.3 is 0 Å². The molecule has 17 heavy (non-hydrogen) atoms. The van der Waals surface area contributed by atoms with E-state index in [0.29, 0.717) is 0 Å². The van der Waals surface area contributed by atoms with E-state index in [1.807, 2.05) is 6.07 Å². The summed E-state index contributed by atoms with van der Waals surface area (Å²) in [5.74, 6) is 2.63. The van der Waals surface area contributed by atoms with Crippen molar-refractivity contribution >= 4 is 33.4 Å². The van der Waals surface area contributed by atoms with E-state index in [1.54, 1.807) is 0 Å². The third-order valence-corrected chi connectivity index (χ3v) is 4.79. The molecule has 1 N–H and O–H groups in total. The largest absolute Gasteiger partial charge is 0.384 e. The molecule has 1 aliphatic heterocycles. The highest BCUT2D eigenvalue weighted by Crippen LogP contribution is 2.21. The molecule has 0 aromatic heterocycles. The van der Waals surface area contributed by atoms with E-state index in [2.05, 4.69) is 63.2 Å². The second-order valence-electron chi connectivity index (χ2n) is 4.44. The van der Waals surface area contributed by atoms with Crippen molar-refractivity contribution in [3.8, 4) is 0 Å². The molecular formula is C13H19BrN2S. The number of benzene rings is 1. The number of hydrogen-bond acceptors (Lipinski definition) is 3. The highest BCUT2D eigenvalue weighted by Gasteiger charge is 2.19. The first-order chi connectivity index (χ1) is 8.25. The lowest BCUT2D eigenvalue weighted by Crippen LogP contribution is -2.35. The second kappa shape index (κ2) is 6.66. The highest BCUT2D eigenvalue weighted by molar-refractivity contribution is 9.10. The molecule has 1 unspecified atom stereocenters. The molecule has 0 saturated carbocycles. The van der Waals surface area contributed by atoms with Crippen molar-refractivity contribution < 1.29 is 0 Å². The Morgan fingerprint density at radius 1 is 1.53 bits per heavy atom. The van der Waals surface area contributed by atoms with Gasteiger partial charge in [-0.25, -0.2) is 0 Å². The molecule has 4 heteroatoms. The summed E-state index contributed by atoms with van der Waals surface area (Å²) in [5.41, 5.74) is 1.19. The normalized spacial score (nSPS) is 19.8. The van der Waals surface area contributed by atoms with Gasteiger partial charge in [0, 0.05) is 35.0 Å². The number of thioether (sulfide) groups is 1. The average molecular weight is 315 g/mol. The van der Waals surface area contributed by atoms with E-state index in [4.69, 9.17) is 0 Å². The third kappa shape index (κ3) is 4.19. The number of anilines is 1. The fourth-order valence-electron chi connectivity index (χ4n) is 2.03. The van der Waals surface area contributed by atoms with Crippen molar-refractivity contribution in [3.05, 3.63) is 28.7 Å². The molecule has 1 atom stereocenters. The van der Waals surface area contributed by atoms with Gasteiger partial charge in [0.1, 0.15) is 0 Å². The van der Waals surface area contributed by atoms with Crippen molar-refractivity contribution in [1.29, 1.82) is 0 Å². The maximum atomic E-state index is 3.48. The van der Waals surface area contributed by atoms with E-state index in [0.717, 1.165) is 23.6 Å². The Morgan fingerprint density at radius 3 is 3.12 bits per heavy atom. The van der Waals surface area contributed by atoms with E-state index >= 15 is 0 Å². The molecule has 0 aliphatic carbocycles. The van der Waals surface area contributed by atoms with E-state index in [-0.39, 0.29) is 0 Å². The van der Waals surface area contributed by atoms with Gasteiger partial charge in [0.25, 0.3) is 0 Å². The molecule has 1 aliphatic rings. The van der Waals surface area contributed by atoms with Gasteiger partial charge in [-0.3, -0.25) is 0 Å². The van der Waals surface area contributed by atoms with E-state index in [1.165, 1.54) is 23.6 Å². The fourth-order valence-corrected chi connectivity index (χ4v) is 3.73. The zero-order chi connectivity index (χ0) is 12.1. The lowest BCUT2D eigenvalue weighted by molar-refractivity contribution is 0.272. The van der Waals surface area contributed by atoms with Gasteiger partial charge in [-0.15, -0.1) is 0 Å². The predicted octanol–water partition coefficient (Wildman–Crippen LogP) is 3.30. The van der Waals surface area contributed by atoms with Crippen molar-refractivity contribution in [2.75, 3.05) is 37.0 Å². The van der Waals surface area contributed by atoms with Crippen LogP contribution >= 0.6 is 27.7 Å². The molecule has 1 heterocycles. The van der Waals surface area contributed by atoms with Crippen molar-refractivity contribution in [1.82, 2.24) is 4.90 Å². The van der Waals surface area contributed by atoms with Crippen LogP contribution in [0.1, 0.15) is 6.42 Å². The van der Waals surface area contributed by atoms with Crippen LogP contribution in [-0.2, 0) is 0 Å². The molecule has 1 fully saturated rings. The summed E-state index contributed by atoms with van der Waals surface area (Å²) in [6.45, 7) is 2.12. The third-order valence-electron chi connectivity index (χ3n) is 3.15. The zero-order valence-electron chi connectivity index (χ0n) is 10.2. The molecule has 0 spiro atoms. The summed E-state index contributed by atoms with van der Waals surface area (Å²) in [4.78, 5) is 2.48. The van der Waals surface area contributed by atoms with Gasteiger partial charge in [-0.1, -0.05) is 22.0 Å². The number of nitrogens with zero attached hydrogens (tertiary/aromatic N) is 1. The Labute approximate surface area is 116 Å². The highest BCUT2D eigenvalue weighted by atomic mass is 79.9.